The molecule has 3 unspecified atom stereocenters. The van der Waals surface area contributed by atoms with Crippen LogP contribution >= 0.6 is 0 Å². The summed E-state index contributed by atoms with van der Waals surface area (Å²) in [7, 11) is 0. The van der Waals surface area contributed by atoms with Crippen LogP contribution in [0.5, 0.6) is 0 Å². The SMILES string of the molecule is CCC(C)CC(NC(=O)OC(C)(C)C)C(C)O. The zero-order valence-electron chi connectivity index (χ0n) is 11.9. The van der Waals surface area contributed by atoms with E-state index >= 15 is 0 Å². The molecule has 2 N–H and O–H groups in total. The highest BCUT2D eigenvalue weighted by Gasteiger charge is 2.23. The Labute approximate surface area is 105 Å². The van der Waals surface area contributed by atoms with Crippen molar-refractivity contribution in [1.82, 2.24) is 5.32 Å². The zero-order valence-corrected chi connectivity index (χ0v) is 11.9. The number of hydrogen-bond donors (Lipinski definition) is 2. The van der Waals surface area contributed by atoms with Crippen LogP contribution in [0.25, 0.3) is 0 Å². The highest BCUT2D eigenvalue weighted by atomic mass is 16.6. The van der Waals surface area contributed by atoms with Crippen LogP contribution in [-0.2, 0) is 4.74 Å². The number of amides is 1. The van der Waals surface area contributed by atoms with Gasteiger partial charge in [0.15, 0.2) is 0 Å². The van der Waals surface area contributed by atoms with Crippen molar-refractivity contribution in [2.75, 3.05) is 0 Å². The second-order valence-corrected chi connectivity index (χ2v) is 5.74. The number of aliphatic hydroxyl groups excluding tert-OH is 1. The number of ether oxygens (including phenoxy) is 1. The number of aliphatic hydroxyl groups is 1. The maximum atomic E-state index is 11.6. The lowest BCUT2D eigenvalue weighted by atomic mass is 9.96. The maximum absolute atomic E-state index is 11.6. The fourth-order valence-electron chi connectivity index (χ4n) is 1.44. The van der Waals surface area contributed by atoms with E-state index in [1.807, 2.05) is 20.8 Å². The molecule has 0 aliphatic heterocycles. The van der Waals surface area contributed by atoms with Crippen molar-refractivity contribution < 1.29 is 14.6 Å². The van der Waals surface area contributed by atoms with Crippen molar-refractivity contribution in [2.24, 2.45) is 5.92 Å². The van der Waals surface area contributed by atoms with E-state index in [1.54, 1.807) is 6.92 Å². The number of carbonyl (C=O) groups excluding carboxylic acids is 1. The van der Waals surface area contributed by atoms with E-state index in [0.29, 0.717) is 5.92 Å². The fraction of sp³-hybridized carbons (Fsp3) is 0.923. The van der Waals surface area contributed by atoms with Gasteiger partial charge in [-0.15, -0.1) is 0 Å². The normalized spacial score (nSPS) is 17.1. The van der Waals surface area contributed by atoms with Gasteiger partial charge in [-0.25, -0.2) is 4.79 Å². The number of alkyl carbamates (subject to hydrolysis) is 1. The standard InChI is InChI=1S/C13H27NO3/c1-7-9(2)8-11(10(3)15)14-12(16)17-13(4,5)6/h9-11,15H,7-8H2,1-6H3,(H,14,16). The predicted octanol–water partition coefficient (Wildman–Crippen LogP) is 2.70. The summed E-state index contributed by atoms with van der Waals surface area (Å²) >= 11 is 0. The first-order chi connectivity index (χ1) is 7.65. The molecular weight excluding hydrogens is 218 g/mol. The Morgan fingerprint density at radius 2 is 1.88 bits per heavy atom. The number of hydrogen-bond acceptors (Lipinski definition) is 3. The molecule has 102 valence electrons. The molecule has 3 atom stereocenters. The Bertz CT molecular complexity index is 233. The molecule has 0 fully saturated rings. The van der Waals surface area contributed by atoms with Gasteiger partial charge >= 0.3 is 6.09 Å². The first-order valence-corrected chi connectivity index (χ1v) is 6.33. The van der Waals surface area contributed by atoms with E-state index in [9.17, 15) is 9.90 Å². The molecule has 4 nitrogen and oxygen atoms in total. The van der Waals surface area contributed by atoms with E-state index in [-0.39, 0.29) is 6.04 Å². The molecule has 17 heavy (non-hydrogen) atoms. The van der Waals surface area contributed by atoms with Gasteiger partial charge in [0.2, 0.25) is 0 Å². The highest BCUT2D eigenvalue weighted by Crippen LogP contribution is 2.13. The first kappa shape index (κ1) is 16.2. The number of carbonyl (C=O) groups is 1. The molecule has 0 heterocycles. The molecule has 0 rings (SSSR count). The Morgan fingerprint density at radius 1 is 1.35 bits per heavy atom. The molecule has 1 amide bonds. The third kappa shape index (κ3) is 8.02. The molecule has 0 aliphatic carbocycles. The molecular formula is C13H27NO3. The minimum Gasteiger partial charge on any atom is -0.444 e. The molecule has 4 heteroatoms. The second-order valence-electron chi connectivity index (χ2n) is 5.74. The van der Waals surface area contributed by atoms with Gasteiger partial charge in [0.25, 0.3) is 0 Å². The minimum atomic E-state index is -0.573. The molecule has 0 saturated carbocycles. The topological polar surface area (TPSA) is 58.6 Å². The summed E-state index contributed by atoms with van der Waals surface area (Å²) in [5, 5.41) is 12.4. The van der Waals surface area contributed by atoms with Crippen molar-refractivity contribution in [3.8, 4) is 0 Å². The molecule has 0 aromatic heterocycles. The van der Waals surface area contributed by atoms with Gasteiger partial charge in [-0.05, 0) is 40.0 Å². The number of nitrogens with one attached hydrogen (secondary N) is 1. The Hall–Kier alpha value is -0.770. The molecule has 0 bridgehead atoms. The third-order valence-electron chi connectivity index (χ3n) is 2.64. The van der Waals surface area contributed by atoms with Crippen LogP contribution < -0.4 is 5.32 Å². The van der Waals surface area contributed by atoms with Crippen LogP contribution in [-0.4, -0.2) is 28.9 Å². The van der Waals surface area contributed by atoms with E-state index in [1.165, 1.54) is 0 Å². The summed E-state index contributed by atoms with van der Waals surface area (Å²) in [6.45, 7) is 11.3. The zero-order chi connectivity index (χ0) is 13.6. The second kappa shape index (κ2) is 6.84. The van der Waals surface area contributed by atoms with Crippen LogP contribution in [0, 0.1) is 5.92 Å². The lowest BCUT2D eigenvalue weighted by molar-refractivity contribution is 0.0419. The molecule has 0 aliphatic rings. The average Bonchev–Trinajstić information content (AvgIpc) is 2.13. The van der Waals surface area contributed by atoms with Crippen molar-refractivity contribution in [3.05, 3.63) is 0 Å². The van der Waals surface area contributed by atoms with Gasteiger partial charge in [-0.1, -0.05) is 20.3 Å². The Morgan fingerprint density at radius 3 is 2.24 bits per heavy atom. The Balaban J connectivity index is 4.30. The van der Waals surface area contributed by atoms with Crippen molar-refractivity contribution in [3.63, 3.8) is 0 Å². The smallest absolute Gasteiger partial charge is 0.407 e. The van der Waals surface area contributed by atoms with Crippen LogP contribution in [0.1, 0.15) is 54.4 Å². The van der Waals surface area contributed by atoms with Crippen LogP contribution in [0.2, 0.25) is 0 Å². The predicted molar refractivity (Wildman–Crippen MR) is 68.9 cm³/mol. The summed E-state index contributed by atoms with van der Waals surface area (Å²) in [4.78, 5) is 11.6. The van der Waals surface area contributed by atoms with Crippen molar-refractivity contribution in [2.45, 2.75) is 72.1 Å². The van der Waals surface area contributed by atoms with Gasteiger partial charge in [-0.3, -0.25) is 0 Å². The van der Waals surface area contributed by atoms with Gasteiger partial charge in [-0.2, -0.15) is 0 Å². The molecule has 0 spiro atoms. The first-order valence-electron chi connectivity index (χ1n) is 6.33. The van der Waals surface area contributed by atoms with Crippen LogP contribution in [0.3, 0.4) is 0 Å². The van der Waals surface area contributed by atoms with E-state index in [0.717, 1.165) is 12.8 Å². The molecule has 0 saturated heterocycles. The van der Waals surface area contributed by atoms with Crippen LogP contribution in [0.4, 0.5) is 4.79 Å². The third-order valence-corrected chi connectivity index (χ3v) is 2.64. The van der Waals surface area contributed by atoms with E-state index in [4.69, 9.17) is 4.74 Å². The largest absolute Gasteiger partial charge is 0.444 e. The summed E-state index contributed by atoms with van der Waals surface area (Å²) in [5.74, 6) is 0.463. The summed E-state index contributed by atoms with van der Waals surface area (Å²) in [6, 6.07) is -0.250. The van der Waals surface area contributed by atoms with Gasteiger partial charge in [0, 0.05) is 0 Å². The highest BCUT2D eigenvalue weighted by molar-refractivity contribution is 5.68. The maximum Gasteiger partial charge on any atom is 0.407 e. The molecule has 0 aromatic carbocycles. The van der Waals surface area contributed by atoms with Crippen molar-refractivity contribution >= 4 is 6.09 Å². The summed E-state index contributed by atoms with van der Waals surface area (Å²) in [5.41, 5.74) is -0.510. The molecule has 0 radical (unpaired) electrons. The quantitative estimate of drug-likeness (QED) is 0.783. The summed E-state index contributed by atoms with van der Waals surface area (Å²) in [6.07, 6.45) is 0.746. The average molecular weight is 245 g/mol. The minimum absolute atomic E-state index is 0.250. The summed E-state index contributed by atoms with van der Waals surface area (Å²) < 4.78 is 5.17. The van der Waals surface area contributed by atoms with Gasteiger partial charge < -0.3 is 15.2 Å². The van der Waals surface area contributed by atoms with E-state index in [2.05, 4.69) is 19.2 Å². The Kier molecular flexibility index (Phi) is 6.53. The molecule has 0 aromatic rings. The van der Waals surface area contributed by atoms with Gasteiger partial charge in [0.05, 0.1) is 12.1 Å². The monoisotopic (exact) mass is 245 g/mol. The van der Waals surface area contributed by atoms with Gasteiger partial charge in [0.1, 0.15) is 5.60 Å². The lowest BCUT2D eigenvalue weighted by Gasteiger charge is -2.26. The van der Waals surface area contributed by atoms with Crippen molar-refractivity contribution in [1.29, 1.82) is 0 Å². The fourth-order valence-corrected chi connectivity index (χ4v) is 1.44. The number of rotatable bonds is 5. The van der Waals surface area contributed by atoms with E-state index < -0.39 is 17.8 Å². The lowest BCUT2D eigenvalue weighted by Crippen LogP contribution is -2.45. The van der Waals surface area contributed by atoms with Crippen LogP contribution in [0.15, 0.2) is 0 Å².